The van der Waals surface area contributed by atoms with Crippen LogP contribution < -0.4 is 11.1 Å². The Morgan fingerprint density at radius 1 is 1.71 bits per heavy atom. The van der Waals surface area contributed by atoms with Gasteiger partial charge in [-0.2, -0.15) is 5.26 Å². The van der Waals surface area contributed by atoms with Crippen LogP contribution in [-0.2, 0) is 0 Å². The minimum atomic E-state index is -0.223. The molecule has 0 bridgehead atoms. The monoisotopic (exact) mass is 250 g/mol. The Kier molecular flexibility index (Phi) is 3.23. The van der Waals surface area contributed by atoms with E-state index in [0.717, 1.165) is 0 Å². The lowest BCUT2D eigenvalue weighted by Crippen LogP contribution is -2.45. The van der Waals surface area contributed by atoms with Gasteiger partial charge >= 0.3 is 0 Å². The largest absolute Gasteiger partial charge is 0.367 e. The number of anilines is 1. The van der Waals surface area contributed by atoms with Crippen LogP contribution in [0.3, 0.4) is 0 Å². The van der Waals surface area contributed by atoms with E-state index in [9.17, 15) is 0 Å². The smallest absolute Gasteiger partial charge is 0.144 e. The minimum Gasteiger partial charge on any atom is -0.367 e. The molecule has 1 saturated carbocycles. The predicted molar refractivity (Wildman–Crippen MR) is 67.8 cm³/mol. The van der Waals surface area contributed by atoms with Crippen LogP contribution in [0.15, 0.2) is 12.3 Å². The fraction of sp³-hybridized carbons (Fsp3) is 0.500. The number of pyridine rings is 1. The van der Waals surface area contributed by atoms with Gasteiger partial charge < -0.3 is 11.1 Å². The Labute approximate surface area is 106 Å². The van der Waals surface area contributed by atoms with Gasteiger partial charge in [0.1, 0.15) is 11.9 Å². The van der Waals surface area contributed by atoms with Gasteiger partial charge in [-0.15, -0.1) is 0 Å². The molecule has 0 spiro atoms. The van der Waals surface area contributed by atoms with E-state index in [0.29, 0.717) is 28.9 Å². The number of aromatic nitrogens is 1. The Morgan fingerprint density at radius 3 is 2.94 bits per heavy atom. The van der Waals surface area contributed by atoms with Crippen LogP contribution in [0, 0.1) is 17.2 Å². The van der Waals surface area contributed by atoms with Gasteiger partial charge in [0, 0.05) is 18.3 Å². The molecule has 3 N–H and O–H groups in total. The summed E-state index contributed by atoms with van der Waals surface area (Å²) in [5.74, 6) is 1.18. The maximum Gasteiger partial charge on any atom is 0.144 e. The second-order valence-electron chi connectivity index (χ2n) is 4.80. The van der Waals surface area contributed by atoms with Crippen molar-refractivity contribution in [3.8, 4) is 6.07 Å². The first-order valence-corrected chi connectivity index (χ1v) is 5.99. The van der Waals surface area contributed by atoms with Gasteiger partial charge in [-0.05, 0) is 31.7 Å². The van der Waals surface area contributed by atoms with E-state index >= 15 is 0 Å². The third kappa shape index (κ3) is 2.87. The van der Waals surface area contributed by atoms with Gasteiger partial charge in [0.2, 0.25) is 0 Å². The predicted octanol–water partition coefficient (Wildman–Crippen LogP) is 2.15. The van der Waals surface area contributed by atoms with Crippen molar-refractivity contribution < 1.29 is 0 Å². The van der Waals surface area contributed by atoms with Crippen LogP contribution in [0.2, 0.25) is 5.02 Å². The van der Waals surface area contributed by atoms with E-state index in [-0.39, 0.29) is 5.54 Å². The molecule has 1 fully saturated rings. The van der Waals surface area contributed by atoms with E-state index < -0.39 is 0 Å². The lowest BCUT2D eigenvalue weighted by molar-refractivity contribution is 0.431. The summed E-state index contributed by atoms with van der Waals surface area (Å²) >= 11 is 6.02. The molecule has 1 aliphatic rings. The van der Waals surface area contributed by atoms with Gasteiger partial charge in [0.15, 0.2) is 0 Å². The molecule has 2 rings (SSSR count). The number of nitrogens with zero attached hydrogens (tertiary/aromatic N) is 2. The maximum absolute atomic E-state index is 8.70. The van der Waals surface area contributed by atoms with Crippen molar-refractivity contribution in [3.05, 3.63) is 22.8 Å². The Balaban J connectivity index is 2.02. The number of hydrogen-bond donors (Lipinski definition) is 2. The molecule has 1 atom stereocenters. The molecule has 1 aromatic rings. The highest BCUT2D eigenvalue weighted by Crippen LogP contribution is 2.38. The first kappa shape index (κ1) is 12.2. The summed E-state index contributed by atoms with van der Waals surface area (Å²) in [7, 11) is 0. The van der Waals surface area contributed by atoms with Crippen LogP contribution in [0.25, 0.3) is 0 Å². The van der Waals surface area contributed by atoms with Gasteiger partial charge in [-0.3, -0.25) is 0 Å². The number of rotatable bonds is 4. The van der Waals surface area contributed by atoms with Crippen molar-refractivity contribution in [2.75, 3.05) is 11.9 Å². The van der Waals surface area contributed by atoms with Crippen molar-refractivity contribution in [3.63, 3.8) is 0 Å². The zero-order valence-electron chi connectivity index (χ0n) is 9.70. The molecule has 0 radical (unpaired) electrons. The molecule has 0 aromatic carbocycles. The summed E-state index contributed by atoms with van der Waals surface area (Å²) in [5.41, 5.74) is 6.42. The van der Waals surface area contributed by atoms with E-state index in [1.807, 2.05) is 13.0 Å². The van der Waals surface area contributed by atoms with Crippen molar-refractivity contribution >= 4 is 17.4 Å². The van der Waals surface area contributed by atoms with Gasteiger partial charge in [0.25, 0.3) is 0 Å². The van der Waals surface area contributed by atoms with Crippen molar-refractivity contribution in [1.82, 2.24) is 4.98 Å². The van der Waals surface area contributed by atoms with Crippen LogP contribution in [0.5, 0.6) is 0 Å². The number of hydrogen-bond acceptors (Lipinski definition) is 4. The van der Waals surface area contributed by atoms with E-state index in [2.05, 4.69) is 10.3 Å². The Morgan fingerprint density at radius 2 is 2.41 bits per heavy atom. The summed E-state index contributed by atoms with van der Waals surface area (Å²) in [5, 5.41) is 12.3. The SMILES string of the molecule is C[C@](N)(CNc1ncc(C#N)cc1Cl)C1CC1. The van der Waals surface area contributed by atoms with Gasteiger partial charge in [0.05, 0.1) is 10.6 Å². The van der Waals surface area contributed by atoms with Crippen LogP contribution in [-0.4, -0.2) is 17.1 Å². The number of nitriles is 1. The molecule has 17 heavy (non-hydrogen) atoms. The van der Waals surface area contributed by atoms with Crippen molar-refractivity contribution in [2.24, 2.45) is 11.7 Å². The van der Waals surface area contributed by atoms with Gasteiger partial charge in [-0.1, -0.05) is 11.6 Å². The molecule has 0 amide bonds. The van der Waals surface area contributed by atoms with Crippen molar-refractivity contribution in [2.45, 2.75) is 25.3 Å². The van der Waals surface area contributed by atoms with Gasteiger partial charge in [-0.25, -0.2) is 4.98 Å². The zero-order chi connectivity index (χ0) is 12.5. The molecule has 4 nitrogen and oxygen atoms in total. The molecule has 1 aromatic heterocycles. The summed E-state index contributed by atoms with van der Waals surface area (Å²) in [6.07, 6.45) is 3.89. The number of halogens is 1. The lowest BCUT2D eigenvalue weighted by atomic mass is 9.97. The maximum atomic E-state index is 8.70. The Bertz CT molecular complexity index is 460. The van der Waals surface area contributed by atoms with Crippen LogP contribution >= 0.6 is 11.6 Å². The van der Waals surface area contributed by atoms with Crippen LogP contribution in [0.1, 0.15) is 25.3 Å². The second-order valence-corrected chi connectivity index (χ2v) is 5.21. The first-order valence-electron chi connectivity index (χ1n) is 5.61. The summed E-state index contributed by atoms with van der Waals surface area (Å²) in [6.45, 7) is 2.67. The van der Waals surface area contributed by atoms with E-state index in [1.54, 1.807) is 6.07 Å². The molecule has 5 heteroatoms. The molecule has 1 aliphatic carbocycles. The van der Waals surface area contributed by atoms with E-state index in [1.165, 1.54) is 19.0 Å². The third-order valence-electron chi connectivity index (χ3n) is 3.12. The average molecular weight is 251 g/mol. The summed E-state index contributed by atoms with van der Waals surface area (Å²) < 4.78 is 0. The highest BCUT2D eigenvalue weighted by molar-refractivity contribution is 6.33. The molecule has 0 aliphatic heterocycles. The molecule has 1 heterocycles. The lowest BCUT2D eigenvalue weighted by Gasteiger charge is -2.25. The van der Waals surface area contributed by atoms with E-state index in [4.69, 9.17) is 22.6 Å². The molecule has 90 valence electrons. The standard InChI is InChI=1S/C12H15ClN4/c1-12(15,9-2-3-9)7-17-11-10(13)4-8(5-14)6-16-11/h4,6,9H,2-3,7,15H2,1H3,(H,16,17)/t12-/m0/s1. The van der Waals surface area contributed by atoms with Crippen molar-refractivity contribution in [1.29, 1.82) is 5.26 Å². The summed E-state index contributed by atoms with van der Waals surface area (Å²) in [4.78, 5) is 4.11. The fourth-order valence-corrected chi connectivity index (χ4v) is 2.02. The topological polar surface area (TPSA) is 74.7 Å². The van der Waals surface area contributed by atoms with Crippen LogP contribution in [0.4, 0.5) is 5.82 Å². The first-order chi connectivity index (χ1) is 8.03. The fourth-order valence-electron chi connectivity index (χ4n) is 1.79. The molecular formula is C12H15ClN4. The highest BCUT2D eigenvalue weighted by atomic mass is 35.5. The number of nitrogens with two attached hydrogens (primary N) is 1. The third-order valence-corrected chi connectivity index (χ3v) is 3.41. The molecule has 0 saturated heterocycles. The second kappa shape index (κ2) is 4.52. The summed E-state index contributed by atoms with van der Waals surface area (Å²) in [6, 6.07) is 3.60. The Hall–Kier alpha value is -1.31. The molecular weight excluding hydrogens is 236 g/mol. The average Bonchev–Trinajstić information content (AvgIpc) is 3.11. The zero-order valence-corrected chi connectivity index (χ0v) is 10.5. The quantitative estimate of drug-likeness (QED) is 0.859. The molecule has 0 unspecified atom stereocenters. The number of nitrogens with one attached hydrogen (secondary N) is 1. The highest BCUT2D eigenvalue weighted by Gasteiger charge is 2.38. The normalized spacial score (nSPS) is 18.2. The minimum absolute atomic E-state index is 0.223.